The van der Waals surface area contributed by atoms with Gasteiger partial charge >= 0.3 is 0 Å². The SMILES string of the molecule is CN(C)CCCNc1nc(CN2CCN(C3CCCC3)CC2)nc2ccccc12. The fourth-order valence-electron chi connectivity index (χ4n) is 4.69. The Morgan fingerprint density at radius 2 is 1.79 bits per heavy atom. The molecule has 1 aromatic heterocycles. The largest absolute Gasteiger partial charge is 0.369 e. The van der Waals surface area contributed by atoms with Crippen LogP contribution in [0.25, 0.3) is 10.9 Å². The van der Waals surface area contributed by atoms with Crippen LogP contribution < -0.4 is 5.32 Å². The normalized spacial score (nSPS) is 19.4. The van der Waals surface area contributed by atoms with Crippen LogP contribution in [-0.2, 0) is 6.54 Å². The molecule has 6 nitrogen and oxygen atoms in total. The van der Waals surface area contributed by atoms with Gasteiger partial charge in [0.05, 0.1) is 12.1 Å². The van der Waals surface area contributed by atoms with Gasteiger partial charge in [-0.3, -0.25) is 9.80 Å². The van der Waals surface area contributed by atoms with Crippen molar-refractivity contribution >= 4 is 16.7 Å². The number of benzene rings is 1. The first-order valence-corrected chi connectivity index (χ1v) is 11.3. The molecule has 1 aromatic carbocycles. The van der Waals surface area contributed by atoms with E-state index in [1.54, 1.807) is 0 Å². The number of hydrogen-bond acceptors (Lipinski definition) is 6. The van der Waals surface area contributed by atoms with Crippen LogP contribution in [0.1, 0.15) is 37.9 Å². The topological polar surface area (TPSA) is 47.5 Å². The van der Waals surface area contributed by atoms with Crippen molar-refractivity contribution in [1.82, 2.24) is 24.7 Å². The number of aromatic nitrogens is 2. The van der Waals surface area contributed by atoms with Crippen molar-refractivity contribution in [3.63, 3.8) is 0 Å². The van der Waals surface area contributed by atoms with Crippen LogP contribution in [0, 0.1) is 0 Å². The Morgan fingerprint density at radius 3 is 2.55 bits per heavy atom. The monoisotopic (exact) mass is 396 g/mol. The molecule has 2 heterocycles. The summed E-state index contributed by atoms with van der Waals surface area (Å²) < 4.78 is 0. The Labute approximate surface area is 175 Å². The molecule has 1 N–H and O–H groups in total. The van der Waals surface area contributed by atoms with E-state index in [2.05, 4.69) is 58.4 Å². The third-order valence-corrected chi connectivity index (χ3v) is 6.34. The lowest BCUT2D eigenvalue weighted by atomic mass is 10.2. The Morgan fingerprint density at radius 1 is 1.03 bits per heavy atom. The lowest BCUT2D eigenvalue weighted by Crippen LogP contribution is -2.49. The van der Waals surface area contributed by atoms with E-state index in [0.717, 1.165) is 67.7 Å². The van der Waals surface area contributed by atoms with Gasteiger partial charge in [-0.2, -0.15) is 0 Å². The lowest BCUT2D eigenvalue weighted by Gasteiger charge is -2.37. The second-order valence-corrected chi connectivity index (χ2v) is 8.84. The van der Waals surface area contributed by atoms with Crippen LogP contribution >= 0.6 is 0 Å². The minimum atomic E-state index is 0.840. The van der Waals surface area contributed by atoms with Crippen molar-refractivity contribution in [2.75, 3.05) is 58.7 Å². The number of anilines is 1. The van der Waals surface area contributed by atoms with Crippen LogP contribution in [0.3, 0.4) is 0 Å². The van der Waals surface area contributed by atoms with Crippen LogP contribution in [0.15, 0.2) is 24.3 Å². The summed E-state index contributed by atoms with van der Waals surface area (Å²) in [5, 5.41) is 4.68. The Kier molecular flexibility index (Phi) is 6.95. The maximum Gasteiger partial charge on any atom is 0.145 e. The van der Waals surface area contributed by atoms with Crippen molar-refractivity contribution in [2.24, 2.45) is 0 Å². The van der Waals surface area contributed by atoms with Crippen molar-refractivity contribution in [3.8, 4) is 0 Å². The maximum absolute atomic E-state index is 4.92. The fourth-order valence-corrected chi connectivity index (χ4v) is 4.69. The molecule has 1 saturated carbocycles. The third kappa shape index (κ3) is 5.44. The lowest BCUT2D eigenvalue weighted by molar-refractivity contribution is 0.0922. The molecule has 1 saturated heterocycles. The summed E-state index contributed by atoms with van der Waals surface area (Å²) in [6.45, 7) is 7.47. The van der Waals surface area contributed by atoms with E-state index >= 15 is 0 Å². The van der Waals surface area contributed by atoms with Crippen LogP contribution in [-0.4, -0.2) is 84.1 Å². The molecule has 4 rings (SSSR count). The van der Waals surface area contributed by atoms with E-state index < -0.39 is 0 Å². The molecule has 6 heteroatoms. The molecule has 0 spiro atoms. The van der Waals surface area contributed by atoms with Gasteiger partial charge in [-0.1, -0.05) is 25.0 Å². The number of para-hydroxylation sites is 1. The van der Waals surface area contributed by atoms with Crippen molar-refractivity contribution in [1.29, 1.82) is 0 Å². The zero-order valence-corrected chi connectivity index (χ0v) is 18.1. The summed E-state index contributed by atoms with van der Waals surface area (Å²) in [6, 6.07) is 9.19. The fraction of sp³-hybridized carbons (Fsp3) is 0.652. The molecule has 2 aromatic rings. The third-order valence-electron chi connectivity index (χ3n) is 6.34. The Balaban J connectivity index is 1.39. The highest BCUT2D eigenvalue weighted by Crippen LogP contribution is 2.25. The highest BCUT2D eigenvalue weighted by molar-refractivity contribution is 5.88. The second kappa shape index (κ2) is 9.83. The van der Waals surface area contributed by atoms with Gasteiger partial charge in [-0.05, 0) is 52.0 Å². The molecule has 1 aliphatic heterocycles. The molecule has 2 aliphatic rings. The quantitative estimate of drug-likeness (QED) is 0.692. The molecule has 2 fully saturated rings. The minimum Gasteiger partial charge on any atom is -0.369 e. The van der Waals surface area contributed by atoms with E-state index in [9.17, 15) is 0 Å². The van der Waals surface area contributed by atoms with Crippen LogP contribution in [0.2, 0.25) is 0 Å². The van der Waals surface area contributed by atoms with Crippen LogP contribution in [0.4, 0.5) is 5.82 Å². The Bertz CT molecular complexity index is 778. The van der Waals surface area contributed by atoms with Crippen molar-refractivity contribution < 1.29 is 0 Å². The van der Waals surface area contributed by atoms with E-state index in [4.69, 9.17) is 9.97 Å². The van der Waals surface area contributed by atoms with E-state index in [1.807, 2.05) is 0 Å². The summed E-state index contributed by atoms with van der Waals surface area (Å²) in [7, 11) is 4.23. The van der Waals surface area contributed by atoms with Gasteiger partial charge in [-0.15, -0.1) is 0 Å². The molecule has 0 bridgehead atoms. The first-order valence-electron chi connectivity index (χ1n) is 11.3. The molecular formula is C23H36N6. The maximum atomic E-state index is 4.92. The van der Waals surface area contributed by atoms with Crippen molar-refractivity contribution in [2.45, 2.75) is 44.7 Å². The van der Waals surface area contributed by atoms with Gasteiger partial charge in [0.1, 0.15) is 11.6 Å². The predicted molar refractivity (Wildman–Crippen MR) is 120 cm³/mol. The van der Waals surface area contributed by atoms with Crippen molar-refractivity contribution in [3.05, 3.63) is 30.1 Å². The minimum absolute atomic E-state index is 0.840. The summed E-state index contributed by atoms with van der Waals surface area (Å²) in [4.78, 5) is 17.2. The predicted octanol–water partition coefficient (Wildman–Crippen LogP) is 3.05. The number of rotatable bonds is 8. The molecule has 29 heavy (non-hydrogen) atoms. The van der Waals surface area contributed by atoms with Gasteiger partial charge in [0, 0.05) is 44.2 Å². The molecule has 158 valence electrons. The van der Waals surface area contributed by atoms with Gasteiger partial charge in [0.15, 0.2) is 0 Å². The summed E-state index contributed by atoms with van der Waals surface area (Å²) in [5.41, 5.74) is 1.04. The van der Waals surface area contributed by atoms with Crippen LogP contribution in [0.5, 0.6) is 0 Å². The van der Waals surface area contributed by atoms with Gasteiger partial charge in [0.2, 0.25) is 0 Å². The molecule has 1 aliphatic carbocycles. The summed E-state index contributed by atoms with van der Waals surface area (Å²) >= 11 is 0. The number of hydrogen-bond donors (Lipinski definition) is 1. The average molecular weight is 397 g/mol. The summed E-state index contributed by atoms with van der Waals surface area (Å²) in [5.74, 6) is 1.92. The smallest absolute Gasteiger partial charge is 0.145 e. The van der Waals surface area contributed by atoms with Gasteiger partial charge in [-0.25, -0.2) is 9.97 Å². The highest BCUT2D eigenvalue weighted by Gasteiger charge is 2.26. The van der Waals surface area contributed by atoms with Gasteiger partial charge < -0.3 is 10.2 Å². The summed E-state index contributed by atoms with van der Waals surface area (Å²) in [6.07, 6.45) is 6.73. The highest BCUT2D eigenvalue weighted by atomic mass is 15.3. The average Bonchev–Trinajstić information content (AvgIpc) is 3.26. The second-order valence-electron chi connectivity index (χ2n) is 8.84. The van der Waals surface area contributed by atoms with Gasteiger partial charge in [0.25, 0.3) is 0 Å². The van der Waals surface area contributed by atoms with E-state index in [0.29, 0.717) is 0 Å². The molecule has 0 unspecified atom stereocenters. The number of nitrogens with one attached hydrogen (secondary N) is 1. The first kappa shape index (κ1) is 20.5. The Hall–Kier alpha value is -1.76. The molecule has 0 atom stereocenters. The number of piperazine rings is 1. The number of nitrogens with zero attached hydrogens (tertiary/aromatic N) is 5. The number of fused-ring (bicyclic) bond motifs is 1. The molecular weight excluding hydrogens is 360 g/mol. The molecule has 0 amide bonds. The van der Waals surface area contributed by atoms with E-state index in [-0.39, 0.29) is 0 Å². The standard InChI is InChI=1S/C23H36N6/c1-27(2)13-7-12-24-23-20-10-5-6-11-21(20)25-22(26-23)18-28-14-16-29(17-15-28)19-8-3-4-9-19/h5-6,10-11,19H,3-4,7-9,12-18H2,1-2H3,(H,24,25,26). The zero-order valence-electron chi connectivity index (χ0n) is 18.1. The molecule has 0 radical (unpaired) electrons. The van der Waals surface area contributed by atoms with E-state index in [1.165, 1.54) is 38.8 Å². The first-order chi connectivity index (χ1) is 14.2. The zero-order chi connectivity index (χ0) is 20.1.